The first kappa shape index (κ1) is 13.4. The SMILES string of the molecule is CC(C)n1cc(Cl)cc1C(=O)N1CCCC(N)C1. The molecule has 1 atom stereocenters. The molecule has 4 nitrogen and oxygen atoms in total. The topological polar surface area (TPSA) is 51.3 Å². The number of hydrogen-bond acceptors (Lipinski definition) is 2. The van der Waals surface area contributed by atoms with Crippen molar-refractivity contribution in [3.8, 4) is 0 Å². The van der Waals surface area contributed by atoms with Crippen LogP contribution in [0, 0.1) is 0 Å². The van der Waals surface area contributed by atoms with Gasteiger partial charge in [0.05, 0.1) is 5.02 Å². The highest BCUT2D eigenvalue weighted by molar-refractivity contribution is 6.31. The lowest BCUT2D eigenvalue weighted by Crippen LogP contribution is -2.46. The molecule has 2 N–H and O–H groups in total. The molecule has 0 bridgehead atoms. The summed E-state index contributed by atoms with van der Waals surface area (Å²) in [5, 5.41) is 0.605. The van der Waals surface area contributed by atoms with Crippen molar-refractivity contribution in [1.82, 2.24) is 9.47 Å². The van der Waals surface area contributed by atoms with Crippen LogP contribution in [0.3, 0.4) is 0 Å². The highest BCUT2D eigenvalue weighted by Crippen LogP contribution is 2.21. The largest absolute Gasteiger partial charge is 0.339 e. The number of amides is 1. The Labute approximate surface area is 113 Å². The monoisotopic (exact) mass is 269 g/mol. The molecule has 1 unspecified atom stereocenters. The molecule has 2 heterocycles. The lowest BCUT2D eigenvalue weighted by Gasteiger charge is -2.31. The third-order valence-corrected chi connectivity index (χ3v) is 3.54. The van der Waals surface area contributed by atoms with Gasteiger partial charge in [0.2, 0.25) is 0 Å². The van der Waals surface area contributed by atoms with E-state index in [1.54, 1.807) is 6.07 Å². The molecule has 1 fully saturated rings. The maximum absolute atomic E-state index is 12.5. The van der Waals surface area contributed by atoms with E-state index in [0.29, 0.717) is 17.3 Å². The Morgan fingerprint density at radius 2 is 2.28 bits per heavy atom. The number of likely N-dealkylation sites (tertiary alicyclic amines) is 1. The minimum Gasteiger partial charge on any atom is -0.339 e. The molecule has 1 aromatic rings. The molecular weight excluding hydrogens is 250 g/mol. The van der Waals surface area contributed by atoms with E-state index < -0.39 is 0 Å². The lowest BCUT2D eigenvalue weighted by atomic mass is 10.1. The van der Waals surface area contributed by atoms with Crippen LogP contribution in [0.1, 0.15) is 43.2 Å². The number of halogens is 1. The normalized spacial score (nSPS) is 20.5. The van der Waals surface area contributed by atoms with Crippen molar-refractivity contribution < 1.29 is 4.79 Å². The van der Waals surface area contributed by atoms with Gasteiger partial charge in [-0.25, -0.2) is 0 Å². The first-order valence-electron chi connectivity index (χ1n) is 6.41. The zero-order valence-electron chi connectivity index (χ0n) is 10.9. The summed E-state index contributed by atoms with van der Waals surface area (Å²) in [4.78, 5) is 14.3. The number of nitrogens with two attached hydrogens (primary N) is 1. The average Bonchev–Trinajstić information content (AvgIpc) is 2.70. The summed E-state index contributed by atoms with van der Waals surface area (Å²) < 4.78 is 1.92. The molecule has 1 amide bonds. The Morgan fingerprint density at radius 3 is 2.89 bits per heavy atom. The van der Waals surface area contributed by atoms with Gasteiger partial charge >= 0.3 is 0 Å². The van der Waals surface area contributed by atoms with Crippen LogP contribution < -0.4 is 5.73 Å². The Kier molecular flexibility index (Phi) is 3.97. The first-order chi connectivity index (χ1) is 8.49. The molecule has 1 saturated heterocycles. The summed E-state index contributed by atoms with van der Waals surface area (Å²) in [6.07, 6.45) is 3.78. The molecule has 5 heteroatoms. The fourth-order valence-electron chi connectivity index (χ4n) is 2.40. The van der Waals surface area contributed by atoms with Crippen molar-refractivity contribution in [2.75, 3.05) is 13.1 Å². The standard InChI is InChI=1S/C13H20ClN3O/c1-9(2)17-7-10(14)6-12(17)13(18)16-5-3-4-11(15)8-16/h6-7,9,11H,3-5,8,15H2,1-2H3. The van der Waals surface area contributed by atoms with Gasteiger partial charge in [0, 0.05) is 31.4 Å². The van der Waals surface area contributed by atoms with Crippen LogP contribution in [0.2, 0.25) is 5.02 Å². The minimum atomic E-state index is 0.0331. The molecule has 0 aliphatic carbocycles. The van der Waals surface area contributed by atoms with E-state index in [9.17, 15) is 4.79 Å². The summed E-state index contributed by atoms with van der Waals surface area (Å²) in [7, 11) is 0. The third kappa shape index (κ3) is 2.70. The van der Waals surface area contributed by atoms with Gasteiger partial charge in [-0.05, 0) is 32.8 Å². The fourth-order valence-corrected chi connectivity index (χ4v) is 2.61. The minimum absolute atomic E-state index is 0.0331. The maximum Gasteiger partial charge on any atom is 0.270 e. The second kappa shape index (κ2) is 5.33. The van der Waals surface area contributed by atoms with E-state index in [1.807, 2.05) is 29.5 Å². The van der Waals surface area contributed by atoms with Crippen LogP contribution in [0.25, 0.3) is 0 Å². The second-order valence-electron chi connectivity index (χ2n) is 5.20. The average molecular weight is 270 g/mol. The van der Waals surface area contributed by atoms with Gasteiger partial charge in [-0.1, -0.05) is 11.6 Å². The first-order valence-corrected chi connectivity index (χ1v) is 6.79. The van der Waals surface area contributed by atoms with Gasteiger partial charge in [0.25, 0.3) is 5.91 Å². The molecule has 0 spiro atoms. The van der Waals surface area contributed by atoms with E-state index in [1.165, 1.54) is 0 Å². The molecule has 0 aromatic carbocycles. The van der Waals surface area contributed by atoms with Gasteiger partial charge in [-0.2, -0.15) is 0 Å². The number of hydrogen-bond donors (Lipinski definition) is 1. The van der Waals surface area contributed by atoms with E-state index in [2.05, 4.69) is 0 Å². The number of carbonyl (C=O) groups excluding carboxylic acids is 1. The predicted molar refractivity (Wildman–Crippen MR) is 72.9 cm³/mol. The molecule has 0 saturated carbocycles. The Hall–Kier alpha value is -1.00. The van der Waals surface area contributed by atoms with Crippen molar-refractivity contribution in [3.63, 3.8) is 0 Å². The van der Waals surface area contributed by atoms with Crippen LogP contribution in [-0.2, 0) is 0 Å². The number of piperidine rings is 1. The molecule has 1 aliphatic heterocycles. The number of nitrogens with zero attached hydrogens (tertiary/aromatic N) is 2. The molecule has 0 radical (unpaired) electrons. The third-order valence-electron chi connectivity index (χ3n) is 3.34. The van der Waals surface area contributed by atoms with Crippen LogP contribution in [0.4, 0.5) is 0 Å². The molecule has 2 rings (SSSR count). The van der Waals surface area contributed by atoms with Gasteiger partial charge in [-0.3, -0.25) is 4.79 Å². The molecule has 1 aromatic heterocycles. The summed E-state index contributed by atoms with van der Waals surface area (Å²) in [6, 6.07) is 2.06. The number of rotatable bonds is 2. The number of aromatic nitrogens is 1. The molecule has 100 valence electrons. The van der Waals surface area contributed by atoms with Crippen LogP contribution in [-0.4, -0.2) is 34.5 Å². The van der Waals surface area contributed by atoms with Crippen molar-refractivity contribution in [3.05, 3.63) is 23.0 Å². The smallest absolute Gasteiger partial charge is 0.270 e. The van der Waals surface area contributed by atoms with Crippen molar-refractivity contribution in [2.24, 2.45) is 5.73 Å². The van der Waals surface area contributed by atoms with Gasteiger partial charge < -0.3 is 15.2 Å². The van der Waals surface area contributed by atoms with Crippen molar-refractivity contribution in [1.29, 1.82) is 0 Å². The second-order valence-corrected chi connectivity index (χ2v) is 5.63. The van der Waals surface area contributed by atoms with E-state index in [0.717, 1.165) is 19.4 Å². The molecule has 1 aliphatic rings. The summed E-state index contributed by atoms with van der Waals surface area (Å²) in [6.45, 7) is 5.50. The Balaban J connectivity index is 2.22. The zero-order valence-corrected chi connectivity index (χ0v) is 11.7. The van der Waals surface area contributed by atoms with Gasteiger partial charge in [0.15, 0.2) is 0 Å². The lowest BCUT2D eigenvalue weighted by molar-refractivity contribution is 0.0696. The summed E-state index contributed by atoms with van der Waals surface area (Å²) >= 11 is 6.01. The Morgan fingerprint density at radius 1 is 1.56 bits per heavy atom. The van der Waals surface area contributed by atoms with E-state index in [4.69, 9.17) is 17.3 Å². The van der Waals surface area contributed by atoms with Crippen LogP contribution >= 0.6 is 11.6 Å². The quantitative estimate of drug-likeness (QED) is 0.896. The van der Waals surface area contributed by atoms with Crippen LogP contribution in [0.5, 0.6) is 0 Å². The zero-order chi connectivity index (χ0) is 13.3. The Bertz CT molecular complexity index is 441. The summed E-state index contributed by atoms with van der Waals surface area (Å²) in [5.74, 6) is 0.0331. The van der Waals surface area contributed by atoms with Crippen LogP contribution in [0.15, 0.2) is 12.3 Å². The van der Waals surface area contributed by atoms with E-state index >= 15 is 0 Å². The highest BCUT2D eigenvalue weighted by atomic mass is 35.5. The van der Waals surface area contributed by atoms with Gasteiger partial charge in [0.1, 0.15) is 5.69 Å². The highest BCUT2D eigenvalue weighted by Gasteiger charge is 2.25. The molecule has 18 heavy (non-hydrogen) atoms. The van der Waals surface area contributed by atoms with Crippen molar-refractivity contribution >= 4 is 17.5 Å². The predicted octanol–water partition coefficient (Wildman–Crippen LogP) is 2.29. The van der Waals surface area contributed by atoms with Crippen molar-refractivity contribution in [2.45, 2.75) is 38.8 Å². The fraction of sp³-hybridized carbons (Fsp3) is 0.615. The molecular formula is C13H20ClN3O. The maximum atomic E-state index is 12.5. The summed E-state index contributed by atoms with van der Waals surface area (Å²) in [5.41, 5.74) is 6.57. The number of carbonyl (C=O) groups is 1. The van der Waals surface area contributed by atoms with Gasteiger partial charge in [-0.15, -0.1) is 0 Å². The van der Waals surface area contributed by atoms with E-state index in [-0.39, 0.29) is 18.0 Å².